The Labute approximate surface area is 176 Å². The van der Waals surface area contributed by atoms with E-state index in [2.05, 4.69) is 9.97 Å². The summed E-state index contributed by atoms with van der Waals surface area (Å²) < 4.78 is 39.0. The summed E-state index contributed by atoms with van der Waals surface area (Å²) >= 11 is 0. The van der Waals surface area contributed by atoms with E-state index in [0.29, 0.717) is 30.8 Å². The maximum Gasteiger partial charge on any atom is 0.416 e. The third kappa shape index (κ3) is 4.52. The SMILES string of the molecule is O=C(c1cccc(C(F)(F)F)c1)C1CCCN(C(=O)c2cccc(-c3ncc[nH]3)c2)C1. The Kier molecular flexibility index (Phi) is 5.63. The minimum Gasteiger partial charge on any atom is -0.345 e. The second-order valence-electron chi connectivity index (χ2n) is 7.55. The number of carbonyl (C=O) groups is 2. The first-order valence-corrected chi connectivity index (χ1v) is 9.93. The maximum absolute atomic E-state index is 13.0. The molecule has 1 aliphatic heterocycles. The highest BCUT2D eigenvalue weighted by molar-refractivity contribution is 5.99. The van der Waals surface area contributed by atoms with Crippen LogP contribution in [0.3, 0.4) is 0 Å². The van der Waals surface area contributed by atoms with E-state index in [1.54, 1.807) is 35.5 Å². The third-order valence-electron chi connectivity index (χ3n) is 5.43. The summed E-state index contributed by atoms with van der Waals surface area (Å²) in [5.41, 5.74) is 0.413. The molecule has 1 fully saturated rings. The molecule has 3 aromatic rings. The van der Waals surface area contributed by atoms with Crippen molar-refractivity contribution in [1.29, 1.82) is 0 Å². The molecule has 1 aromatic heterocycles. The van der Waals surface area contributed by atoms with E-state index in [9.17, 15) is 22.8 Å². The number of alkyl halides is 3. The van der Waals surface area contributed by atoms with E-state index in [4.69, 9.17) is 0 Å². The Bertz CT molecular complexity index is 1090. The number of likely N-dealkylation sites (tertiary alicyclic amines) is 1. The van der Waals surface area contributed by atoms with Crippen molar-refractivity contribution in [2.75, 3.05) is 13.1 Å². The minimum absolute atomic E-state index is 0.0222. The van der Waals surface area contributed by atoms with Gasteiger partial charge in [-0.15, -0.1) is 0 Å². The number of nitrogens with zero attached hydrogens (tertiary/aromatic N) is 2. The number of rotatable bonds is 4. The van der Waals surface area contributed by atoms with Crippen LogP contribution in [0.25, 0.3) is 11.4 Å². The number of ketones is 1. The number of imidazole rings is 1. The van der Waals surface area contributed by atoms with Crippen molar-refractivity contribution < 1.29 is 22.8 Å². The van der Waals surface area contributed by atoms with Crippen molar-refractivity contribution in [2.24, 2.45) is 5.92 Å². The average molecular weight is 427 g/mol. The number of amides is 1. The summed E-state index contributed by atoms with van der Waals surface area (Å²) in [6.07, 6.45) is -0.0505. The van der Waals surface area contributed by atoms with E-state index < -0.39 is 17.7 Å². The second kappa shape index (κ2) is 8.37. The number of aromatic amines is 1. The Hall–Kier alpha value is -3.42. The number of piperidine rings is 1. The molecular formula is C23H20F3N3O2. The molecule has 1 aliphatic rings. The highest BCUT2D eigenvalue weighted by atomic mass is 19.4. The Morgan fingerprint density at radius 3 is 2.58 bits per heavy atom. The molecule has 5 nitrogen and oxygen atoms in total. The van der Waals surface area contributed by atoms with Gasteiger partial charge in [-0.3, -0.25) is 9.59 Å². The van der Waals surface area contributed by atoms with Gasteiger partial charge in [0.1, 0.15) is 5.82 Å². The summed E-state index contributed by atoms with van der Waals surface area (Å²) in [6, 6.07) is 11.5. The van der Waals surface area contributed by atoms with Crippen LogP contribution in [0, 0.1) is 5.92 Å². The van der Waals surface area contributed by atoms with Gasteiger partial charge in [-0.2, -0.15) is 13.2 Å². The van der Waals surface area contributed by atoms with Crippen LogP contribution in [0.15, 0.2) is 60.9 Å². The number of benzene rings is 2. The molecule has 0 saturated carbocycles. The van der Waals surface area contributed by atoms with E-state index >= 15 is 0 Å². The quantitative estimate of drug-likeness (QED) is 0.607. The van der Waals surface area contributed by atoms with Gasteiger partial charge >= 0.3 is 6.18 Å². The van der Waals surface area contributed by atoms with Gasteiger partial charge in [0.2, 0.25) is 0 Å². The molecule has 1 amide bonds. The Morgan fingerprint density at radius 1 is 1.06 bits per heavy atom. The van der Waals surface area contributed by atoms with Crippen molar-refractivity contribution in [3.05, 3.63) is 77.6 Å². The molecule has 0 radical (unpaired) electrons. The molecule has 0 bridgehead atoms. The molecule has 8 heteroatoms. The monoisotopic (exact) mass is 427 g/mol. The van der Waals surface area contributed by atoms with Crippen LogP contribution in [0.4, 0.5) is 13.2 Å². The number of Topliss-reactive ketones (excluding diaryl/α,β-unsaturated/α-hetero) is 1. The highest BCUT2D eigenvalue weighted by Gasteiger charge is 2.33. The zero-order chi connectivity index (χ0) is 22.0. The van der Waals surface area contributed by atoms with E-state index in [1.165, 1.54) is 12.1 Å². The van der Waals surface area contributed by atoms with Crippen LogP contribution in [0.2, 0.25) is 0 Å². The maximum atomic E-state index is 13.0. The van der Waals surface area contributed by atoms with Gasteiger partial charge in [0.25, 0.3) is 5.91 Å². The number of carbonyl (C=O) groups excluding carboxylic acids is 2. The van der Waals surface area contributed by atoms with Gasteiger partial charge in [0.15, 0.2) is 5.78 Å². The lowest BCUT2D eigenvalue weighted by molar-refractivity contribution is -0.137. The van der Waals surface area contributed by atoms with Crippen molar-refractivity contribution in [3.63, 3.8) is 0 Å². The number of hydrogen-bond acceptors (Lipinski definition) is 3. The van der Waals surface area contributed by atoms with Gasteiger partial charge in [0, 0.05) is 48.1 Å². The number of aromatic nitrogens is 2. The zero-order valence-corrected chi connectivity index (χ0v) is 16.5. The molecule has 2 heterocycles. The molecule has 1 saturated heterocycles. The van der Waals surface area contributed by atoms with Crippen molar-refractivity contribution in [2.45, 2.75) is 19.0 Å². The van der Waals surface area contributed by atoms with Crippen LogP contribution in [-0.2, 0) is 6.18 Å². The largest absolute Gasteiger partial charge is 0.416 e. The van der Waals surface area contributed by atoms with Crippen molar-refractivity contribution in [1.82, 2.24) is 14.9 Å². The van der Waals surface area contributed by atoms with Crippen molar-refractivity contribution >= 4 is 11.7 Å². The molecule has 1 unspecified atom stereocenters. The topological polar surface area (TPSA) is 66.1 Å². The lowest BCUT2D eigenvalue weighted by Gasteiger charge is -2.32. The molecule has 1 atom stereocenters. The average Bonchev–Trinajstić information content (AvgIpc) is 3.33. The summed E-state index contributed by atoms with van der Waals surface area (Å²) in [5, 5.41) is 0. The molecule has 0 spiro atoms. The predicted octanol–water partition coefficient (Wildman–Crippen LogP) is 4.83. The number of nitrogens with one attached hydrogen (secondary N) is 1. The van der Waals surface area contributed by atoms with Gasteiger partial charge in [0.05, 0.1) is 5.56 Å². The first-order chi connectivity index (χ1) is 14.8. The summed E-state index contributed by atoms with van der Waals surface area (Å²) in [5.74, 6) is -0.469. The van der Waals surface area contributed by atoms with Crippen LogP contribution in [0.1, 0.15) is 39.1 Å². The Balaban J connectivity index is 1.51. The van der Waals surface area contributed by atoms with Crippen LogP contribution in [-0.4, -0.2) is 39.6 Å². The van der Waals surface area contributed by atoms with Gasteiger partial charge in [-0.1, -0.05) is 24.3 Å². The Morgan fingerprint density at radius 2 is 1.84 bits per heavy atom. The van der Waals surface area contributed by atoms with Crippen LogP contribution >= 0.6 is 0 Å². The highest BCUT2D eigenvalue weighted by Crippen LogP contribution is 2.31. The molecule has 2 aromatic carbocycles. The number of hydrogen-bond donors (Lipinski definition) is 1. The van der Waals surface area contributed by atoms with Gasteiger partial charge < -0.3 is 9.88 Å². The lowest BCUT2D eigenvalue weighted by Crippen LogP contribution is -2.42. The van der Waals surface area contributed by atoms with E-state index in [0.717, 1.165) is 17.7 Å². The normalized spacial score (nSPS) is 16.9. The summed E-state index contributed by atoms with van der Waals surface area (Å²) in [6.45, 7) is 0.676. The molecular weight excluding hydrogens is 407 g/mol. The summed E-state index contributed by atoms with van der Waals surface area (Å²) in [7, 11) is 0. The fraction of sp³-hybridized carbons (Fsp3) is 0.261. The first kappa shape index (κ1) is 20.8. The molecule has 160 valence electrons. The lowest BCUT2D eigenvalue weighted by atomic mass is 9.89. The first-order valence-electron chi connectivity index (χ1n) is 9.93. The minimum atomic E-state index is -4.51. The van der Waals surface area contributed by atoms with Crippen LogP contribution < -0.4 is 0 Å². The molecule has 4 rings (SSSR count). The van der Waals surface area contributed by atoms with Gasteiger partial charge in [-0.05, 0) is 37.1 Å². The van der Waals surface area contributed by atoms with Crippen molar-refractivity contribution in [3.8, 4) is 11.4 Å². The van der Waals surface area contributed by atoms with E-state index in [-0.39, 0.29) is 23.8 Å². The smallest absolute Gasteiger partial charge is 0.345 e. The predicted molar refractivity (Wildman–Crippen MR) is 108 cm³/mol. The fourth-order valence-electron chi connectivity index (χ4n) is 3.87. The van der Waals surface area contributed by atoms with E-state index in [1.807, 2.05) is 6.07 Å². The zero-order valence-electron chi connectivity index (χ0n) is 16.5. The van der Waals surface area contributed by atoms with Crippen LogP contribution in [0.5, 0.6) is 0 Å². The number of halogens is 3. The molecule has 0 aliphatic carbocycles. The molecule has 1 N–H and O–H groups in total. The summed E-state index contributed by atoms with van der Waals surface area (Å²) in [4.78, 5) is 34.7. The molecule has 31 heavy (non-hydrogen) atoms. The third-order valence-corrected chi connectivity index (χ3v) is 5.43. The second-order valence-corrected chi connectivity index (χ2v) is 7.55. The van der Waals surface area contributed by atoms with Gasteiger partial charge in [-0.25, -0.2) is 4.98 Å². The standard InChI is InChI=1S/C23H20F3N3O2/c24-23(25,26)19-8-2-4-15(13-19)20(30)18-7-3-11-29(14-18)22(31)17-6-1-5-16(12-17)21-27-9-10-28-21/h1-2,4-6,8-10,12-13,18H,3,7,11,14H2,(H,27,28). The fourth-order valence-corrected chi connectivity index (χ4v) is 3.87. The number of H-pyrrole nitrogens is 1.